The van der Waals surface area contributed by atoms with E-state index in [4.69, 9.17) is 0 Å². The fourth-order valence-electron chi connectivity index (χ4n) is 2.78. The van der Waals surface area contributed by atoms with E-state index in [1.165, 1.54) is 24.3 Å². The quantitative estimate of drug-likeness (QED) is 0.300. The van der Waals surface area contributed by atoms with E-state index >= 15 is 0 Å². The van der Waals surface area contributed by atoms with Gasteiger partial charge in [0.1, 0.15) is 0 Å². The Hall–Kier alpha value is -2.43. The Kier molecular flexibility index (Phi) is 8.66. The molecule has 168 valence electrons. The van der Waals surface area contributed by atoms with Gasteiger partial charge < -0.3 is 19.6 Å². The van der Waals surface area contributed by atoms with Gasteiger partial charge in [-0.25, -0.2) is 0 Å². The number of benzene rings is 2. The van der Waals surface area contributed by atoms with Crippen molar-refractivity contribution >= 4 is 49.3 Å². The van der Waals surface area contributed by atoms with E-state index in [9.17, 15) is 20.2 Å². The van der Waals surface area contributed by atoms with Gasteiger partial charge in [-0.1, -0.05) is 0 Å². The summed E-state index contributed by atoms with van der Waals surface area (Å²) < 4.78 is 0. The summed E-state index contributed by atoms with van der Waals surface area (Å²) in [5, 5.41) is 21.5. The van der Waals surface area contributed by atoms with Gasteiger partial charge in [0, 0.05) is 60.4 Å². The van der Waals surface area contributed by atoms with Gasteiger partial charge in [0.25, 0.3) is 11.4 Å². The maximum absolute atomic E-state index is 10.8. The van der Waals surface area contributed by atoms with Gasteiger partial charge in [0.2, 0.25) is 13.3 Å². The third-order valence-corrected chi connectivity index (χ3v) is 4.25. The number of nitro groups is 2. The molecule has 0 bridgehead atoms. The van der Waals surface area contributed by atoms with Crippen molar-refractivity contribution in [1.29, 1.82) is 0 Å². The molecule has 10 nitrogen and oxygen atoms in total. The zero-order chi connectivity index (χ0) is 23.1. The first-order valence-corrected chi connectivity index (χ1v) is 18.7. The summed E-state index contributed by atoms with van der Waals surface area (Å²) in [5.74, 6) is 0. The Labute approximate surface area is 205 Å². The summed E-state index contributed by atoms with van der Waals surface area (Å²) in [5.41, 5.74) is 1.58. The van der Waals surface area contributed by atoms with Crippen molar-refractivity contribution in [2.75, 3.05) is 16.5 Å². The number of nitrogens with zero attached hydrogens (tertiary/aromatic N) is 6. The van der Waals surface area contributed by atoms with Crippen LogP contribution in [0.5, 0.6) is 0 Å². The average molecular weight is 745 g/mol. The van der Waals surface area contributed by atoms with Gasteiger partial charge in [-0.15, -0.1) is 0 Å². The number of rotatable bonds is 6. The topological polar surface area (TPSA) is 99.2 Å². The number of hydrogen-bond acceptors (Lipinski definition) is 8. The van der Waals surface area contributed by atoms with Gasteiger partial charge in [-0.05, 0) is 24.3 Å². The molecule has 2 aliphatic heterocycles. The van der Waals surface area contributed by atoms with Crippen LogP contribution >= 0.6 is 26.6 Å². The number of anilines is 2. The van der Waals surface area contributed by atoms with Crippen molar-refractivity contribution in [2.45, 2.75) is 0 Å². The van der Waals surface area contributed by atoms with E-state index in [-0.39, 0.29) is 25.8 Å². The minimum absolute atomic E-state index is 0.0338. The molecule has 2 aliphatic rings. The van der Waals surface area contributed by atoms with Crippen LogP contribution in [0.15, 0.2) is 73.3 Å². The van der Waals surface area contributed by atoms with Crippen molar-refractivity contribution in [2.24, 2.45) is 0 Å². The number of hydrogen-bond donors (Lipinski definition) is 0. The number of nitro benzene ring substituents is 2. The molecule has 13 heteroatoms. The summed E-state index contributed by atoms with van der Waals surface area (Å²) in [6.45, 7) is 6.71. The van der Waals surface area contributed by atoms with Crippen molar-refractivity contribution in [1.82, 2.24) is 9.80 Å². The zero-order valence-corrected chi connectivity index (χ0v) is 21.5. The first-order chi connectivity index (χ1) is 15.4. The molecule has 2 aromatic rings. The Morgan fingerprint density at radius 2 is 1.06 bits per heavy atom. The van der Waals surface area contributed by atoms with Crippen LogP contribution in [0.3, 0.4) is 0 Å². The monoisotopic (exact) mass is 743 g/mol. The van der Waals surface area contributed by atoms with E-state index in [0.29, 0.717) is 6.67 Å². The molecule has 0 N–H and O–H groups in total. The molecular weight excluding hydrogens is 731 g/mol. The second kappa shape index (κ2) is 11.4. The molecule has 2 aromatic carbocycles. The number of non-ortho nitro benzene ring substituents is 2. The molecule has 0 aromatic heterocycles. The van der Waals surface area contributed by atoms with Crippen LogP contribution in [-0.4, -0.2) is 26.3 Å². The van der Waals surface area contributed by atoms with E-state index in [1.54, 1.807) is 56.3 Å². The SMILES string of the molecule is O=[N+]([O-])c1ccc(N2[C]N(CN3[C]N(c4ccc([N+](=O)[O-])cc4)C=C3)C=C2)cc1.[Br][Pt][Br]. The summed E-state index contributed by atoms with van der Waals surface area (Å²) in [6.07, 6.45) is 7.25. The van der Waals surface area contributed by atoms with E-state index in [1.807, 2.05) is 12.4 Å². The standard InChI is InChI=1S/C19H14N6O4.2BrH.Pt/c26-24(27)18-5-1-16(2-6-18)22-11-9-20(14-22)13-21-10-12-23(15-21)17-3-7-19(8-4-17)25(28)29;;;/h1-12H,13H2;2*1H;/q;;;+2/p-2. The Morgan fingerprint density at radius 3 is 1.38 bits per heavy atom. The first kappa shape index (κ1) is 24.2. The molecule has 4 rings (SSSR count). The predicted molar refractivity (Wildman–Crippen MR) is 122 cm³/mol. The molecule has 0 aliphatic carbocycles. The Balaban J connectivity index is 0.000000913. The summed E-state index contributed by atoms with van der Waals surface area (Å²) in [6, 6.07) is 12.4. The average Bonchev–Trinajstić information content (AvgIpc) is 3.45. The first-order valence-electron chi connectivity index (χ1n) is 8.73. The molecule has 0 atom stereocenters. The third-order valence-electron chi connectivity index (χ3n) is 4.25. The van der Waals surface area contributed by atoms with Gasteiger partial charge >= 0.3 is 41.0 Å². The maximum atomic E-state index is 10.8. The van der Waals surface area contributed by atoms with Crippen LogP contribution in [0.1, 0.15) is 0 Å². The van der Waals surface area contributed by atoms with Crippen LogP contribution in [0.4, 0.5) is 22.7 Å². The van der Waals surface area contributed by atoms with Gasteiger partial charge in [0.05, 0.1) is 16.5 Å². The van der Waals surface area contributed by atoms with Gasteiger partial charge in [0.15, 0.2) is 0 Å². The fraction of sp³-hybridized carbons (Fsp3) is 0.0526. The zero-order valence-electron chi connectivity index (χ0n) is 16.0. The Morgan fingerprint density at radius 1 is 0.719 bits per heavy atom. The number of halogens is 2. The second-order valence-corrected chi connectivity index (χ2v) is 16.1. The van der Waals surface area contributed by atoms with Crippen molar-refractivity contribution in [3.05, 3.63) is 107 Å². The molecule has 4 radical (unpaired) electrons. The second-order valence-electron chi connectivity index (χ2n) is 6.21. The predicted octanol–water partition coefficient (Wildman–Crippen LogP) is 5.03. The van der Waals surface area contributed by atoms with Crippen molar-refractivity contribution < 1.29 is 24.3 Å². The van der Waals surface area contributed by atoms with Crippen LogP contribution in [0.2, 0.25) is 0 Å². The fourth-order valence-corrected chi connectivity index (χ4v) is 2.78. The summed E-state index contributed by atoms with van der Waals surface area (Å²) in [7, 11) is 0. The third kappa shape index (κ3) is 6.30. The molecular formula is C19H14Br2N6O4Pt. The van der Waals surface area contributed by atoms with Crippen molar-refractivity contribution in [3.63, 3.8) is 0 Å². The molecule has 0 amide bonds. The van der Waals surface area contributed by atoms with Crippen LogP contribution in [0.25, 0.3) is 0 Å². The molecule has 0 saturated carbocycles. The summed E-state index contributed by atoms with van der Waals surface area (Å²) >= 11 is 6.56. The molecule has 0 fully saturated rings. The molecule has 0 spiro atoms. The van der Waals surface area contributed by atoms with E-state index in [2.05, 4.69) is 39.9 Å². The molecule has 0 unspecified atom stereocenters. The van der Waals surface area contributed by atoms with Crippen LogP contribution in [-0.2, 0) is 14.5 Å². The normalized spacial score (nSPS) is 14.7. The van der Waals surface area contributed by atoms with E-state index < -0.39 is 9.85 Å². The minimum atomic E-state index is -0.439. The van der Waals surface area contributed by atoms with Crippen LogP contribution < -0.4 is 9.80 Å². The van der Waals surface area contributed by atoms with Crippen LogP contribution in [0, 0.1) is 33.6 Å². The van der Waals surface area contributed by atoms with Gasteiger partial charge in [-0.2, -0.15) is 0 Å². The Bertz CT molecular complexity index is 926. The van der Waals surface area contributed by atoms with Gasteiger partial charge in [-0.3, -0.25) is 20.2 Å². The molecule has 32 heavy (non-hydrogen) atoms. The van der Waals surface area contributed by atoms with E-state index in [0.717, 1.165) is 11.4 Å². The van der Waals surface area contributed by atoms with Crippen molar-refractivity contribution in [3.8, 4) is 0 Å². The summed E-state index contributed by atoms with van der Waals surface area (Å²) in [4.78, 5) is 27.7. The molecule has 2 heterocycles. The molecule has 0 saturated heterocycles.